The number of nitrogens with one attached hydrogen (secondary N) is 2. The van der Waals surface area contributed by atoms with Crippen molar-refractivity contribution in [2.75, 3.05) is 0 Å². The predicted molar refractivity (Wildman–Crippen MR) is 77.5 cm³/mol. The molecule has 0 saturated carbocycles. The molecule has 1 aromatic rings. The Labute approximate surface area is 125 Å². The van der Waals surface area contributed by atoms with Crippen molar-refractivity contribution in [3.63, 3.8) is 0 Å². The quantitative estimate of drug-likeness (QED) is 0.545. The van der Waals surface area contributed by atoms with Crippen LogP contribution in [0.1, 0.15) is 13.8 Å². The van der Waals surface area contributed by atoms with Crippen LogP contribution < -0.4 is 10.6 Å². The van der Waals surface area contributed by atoms with Crippen LogP contribution in [0.2, 0.25) is 10.0 Å². The van der Waals surface area contributed by atoms with E-state index in [9.17, 15) is 0 Å². The van der Waals surface area contributed by atoms with Crippen LogP contribution in [0.15, 0.2) is 23.2 Å². The minimum atomic E-state index is -1.50. The van der Waals surface area contributed by atoms with E-state index in [2.05, 4.69) is 29.5 Å². The molecule has 2 atom stereocenters. The lowest BCUT2D eigenvalue weighted by atomic mass is 10.2. The van der Waals surface area contributed by atoms with Crippen molar-refractivity contribution in [3.05, 3.63) is 38.4 Å². The van der Waals surface area contributed by atoms with Gasteiger partial charge in [-0.15, -0.1) is 10.1 Å². The lowest BCUT2D eigenvalue weighted by Crippen LogP contribution is -2.26. The SMILES string of the molecule is CC1NC(=Nc2c(Cl)cccc2Cl)NC1C.O=[N+]([O-])O. The van der Waals surface area contributed by atoms with Gasteiger partial charge in [0, 0.05) is 12.1 Å². The lowest BCUT2D eigenvalue weighted by molar-refractivity contribution is -0.742. The third kappa shape index (κ3) is 4.75. The minimum absolute atomic E-state index is 0.347. The van der Waals surface area contributed by atoms with Crippen LogP contribution in [-0.2, 0) is 0 Å². The molecule has 1 aliphatic heterocycles. The van der Waals surface area contributed by atoms with Crippen molar-refractivity contribution in [1.29, 1.82) is 0 Å². The van der Waals surface area contributed by atoms with E-state index in [4.69, 9.17) is 38.5 Å². The Morgan fingerprint density at radius 3 is 2.05 bits per heavy atom. The molecule has 0 radical (unpaired) electrons. The third-order valence-corrected chi connectivity index (χ3v) is 3.25. The first-order chi connectivity index (χ1) is 9.31. The number of para-hydroxylation sites is 1. The first-order valence-corrected chi connectivity index (χ1v) is 6.46. The second-order valence-corrected chi connectivity index (χ2v) is 4.95. The molecule has 9 heteroatoms. The molecule has 0 spiro atoms. The highest BCUT2D eigenvalue weighted by Crippen LogP contribution is 2.32. The minimum Gasteiger partial charge on any atom is -0.352 e. The summed E-state index contributed by atoms with van der Waals surface area (Å²) in [6, 6.07) is 6.04. The summed E-state index contributed by atoms with van der Waals surface area (Å²) in [6.45, 7) is 4.18. The topological polar surface area (TPSA) is 99.8 Å². The Hall–Kier alpha value is -1.73. The number of hydrogen-bond acceptors (Lipinski definition) is 3. The number of aliphatic imine (C=N–C) groups is 1. The van der Waals surface area contributed by atoms with Crippen molar-refractivity contribution in [2.24, 2.45) is 4.99 Å². The van der Waals surface area contributed by atoms with Crippen molar-refractivity contribution < 1.29 is 10.3 Å². The van der Waals surface area contributed by atoms with E-state index in [-0.39, 0.29) is 0 Å². The molecule has 0 amide bonds. The van der Waals surface area contributed by atoms with E-state index in [0.29, 0.717) is 27.8 Å². The molecule has 2 rings (SSSR count). The third-order valence-electron chi connectivity index (χ3n) is 2.64. The standard InChI is InChI=1S/C11H13Cl2N3.HNO3/c1-6-7(2)15-11(14-6)16-10-8(12)4-3-5-9(10)13;2-1(3)4/h3-7H,1-2H3,(H2,14,15,16);(H,2,3,4). The van der Waals surface area contributed by atoms with Gasteiger partial charge >= 0.3 is 0 Å². The molecular weight excluding hydrogens is 307 g/mol. The molecule has 0 bridgehead atoms. The summed E-state index contributed by atoms with van der Waals surface area (Å²) in [5.74, 6) is 0.718. The Morgan fingerprint density at radius 1 is 1.25 bits per heavy atom. The van der Waals surface area contributed by atoms with Gasteiger partial charge in [-0.1, -0.05) is 29.3 Å². The van der Waals surface area contributed by atoms with Gasteiger partial charge in [-0.05, 0) is 26.0 Å². The number of hydrogen-bond donors (Lipinski definition) is 3. The molecular formula is C11H14Cl2N4O3. The molecule has 20 heavy (non-hydrogen) atoms. The van der Waals surface area contributed by atoms with Gasteiger partial charge in [0.2, 0.25) is 0 Å². The summed E-state index contributed by atoms with van der Waals surface area (Å²) < 4.78 is 0. The highest BCUT2D eigenvalue weighted by atomic mass is 35.5. The highest BCUT2D eigenvalue weighted by Gasteiger charge is 2.22. The molecule has 3 N–H and O–H groups in total. The molecule has 1 heterocycles. The smallest absolute Gasteiger partial charge is 0.291 e. The van der Waals surface area contributed by atoms with E-state index in [1.54, 1.807) is 18.2 Å². The van der Waals surface area contributed by atoms with Gasteiger partial charge in [0.25, 0.3) is 5.09 Å². The van der Waals surface area contributed by atoms with Gasteiger partial charge in [0.15, 0.2) is 5.96 Å². The average Bonchev–Trinajstić information content (AvgIpc) is 2.63. The summed E-state index contributed by atoms with van der Waals surface area (Å²) in [5, 5.41) is 21.2. The molecule has 0 aromatic heterocycles. The zero-order chi connectivity index (χ0) is 15.3. The van der Waals surface area contributed by atoms with Crippen molar-refractivity contribution in [2.45, 2.75) is 25.9 Å². The second kappa shape index (κ2) is 7.16. The number of nitrogens with zero attached hydrogens (tertiary/aromatic N) is 2. The fourth-order valence-electron chi connectivity index (χ4n) is 1.50. The van der Waals surface area contributed by atoms with Crippen LogP contribution in [0.5, 0.6) is 0 Å². The van der Waals surface area contributed by atoms with Gasteiger partial charge in [0.1, 0.15) is 5.69 Å². The molecule has 1 saturated heterocycles. The second-order valence-electron chi connectivity index (χ2n) is 4.13. The zero-order valence-corrected chi connectivity index (χ0v) is 12.3. The molecule has 1 fully saturated rings. The first-order valence-electron chi connectivity index (χ1n) is 5.70. The van der Waals surface area contributed by atoms with Gasteiger partial charge in [0.05, 0.1) is 10.0 Å². The van der Waals surface area contributed by atoms with E-state index in [0.717, 1.165) is 5.96 Å². The van der Waals surface area contributed by atoms with Crippen LogP contribution in [0.4, 0.5) is 5.69 Å². The number of halogens is 2. The van der Waals surface area contributed by atoms with Crippen molar-refractivity contribution in [3.8, 4) is 0 Å². The average molecular weight is 321 g/mol. The van der Waals surface area contributed by atoms with Gasteiger partial charge in [-0.2, -0.15) is 0 Å². The van der Waals surface area contributed by atoms with E-state index >= 15 is 0 Å². The fraction of sp³-hybridized carbons (Fsp3) is 0.364. The van der Waals surface area contributed by atoms with E-state index < -0.39 is 5.09 Å². The Bertz CT molecular complexity index is 488. The maximum atomic E-state index is 8.36. The monoisotopic (exact) mass is 320 g/mol. The molecule has 1 aromatic carbocycles. The zero-order valence-electron chi connectivity index (χ0n) is 10.8. The van der Waals surface area contributed by atoms with Gasteiger partial charge < -0.3 is 15.8 Å². The first kappa shape index (κ1) is 16.3. The summed E-state index contributed by atoms with van der Waals surface area (Å²) in [7, 11) is 0. The maximum Gasteiger partial charge on any atom is 0.291 e. The van der Waals surface area contributed by atoms with Crippen molar-refractivity contribution >= 4 is 34.8 Å². The normalized spacial score (nSPS) is 20.3. The summed E-state index contributed by atoms with van der Waals surface area (Å²) in [4.78, 5) is 12.7. The summed E-state index contributed by atoms with van der Waals surface area (Å²) in [5.41, 5.74) is 0.599. The van der Waals surface area contributed by atoms with E-state index in [1.165, 1.54) is 0 Å². The van der Waals surface area contributed by atoms with Crippen LogP contribution in [-0.4, -0.2) is 28.3 Å². The Kier molecular flexibility index (Phi) is 5.84. The number of guanidine groups is 1. The number of rotatable bonds is 1. The molecule has 2 unspecified atom stereocenters. The van der Waals surface area contributed by atoms with Gasteiger partial charge in [-0.25, -0.2) is 4.99 Å². The maximum absolute atomic E-state index is 8.36. The molecule has 0 aliphatic carbocycles. The summed E-state index contributed by atoms with van der Waals surface area (Å²) in [6.07, 6.45) is 0. The molecule has 110 valence electrons. The summed E-state index contributed by atoms with van der Waals surface area (Å²) >= 11 is 12.1. The fourth-order valence-corrected chi connectivity index (χ4v) is 1.98. The Morgan fingerprint density at radius 2 is 1.65 bits per heavy atom. The highest BCUT2D eigenvalue weighted by molar-refractivity contribution is 6.38. The largest absolute Gasteiger partial charge is 0.352 e. The predicted octanol–water partition coefficient (Wildman–Crippen LogP) is 2.60. The van der Waals surface area contributed by atoms with Crippen LogP contribution in [0.25, 0.3) is 0 Å². The molecule has 1 aliphatic rings. The Balaban J connectivity index is 0.000000444. The molecule has 7 nitrogen and oxygen atoms in total. The van der Waals surface area contributed by atoms with Crippen LogP contribution in [0, 0.1) is 10.1 Å². The van der Waals surface area contributed by atoms with E-state index in [1.807, 2.05) is 0 Å². The van der Waals surface area contributed by atoms with Crippen LogP contribution in [0.3, 0.4) is 0 Å². The van der Waals surface area contributed by atoms with Gasteiger partial charge in [-0.3, -0.25) is 0 Å². The lowest BCUT2D eigenvalue weighted by Gasteiger charge is -2.04. The number of benzene rings is 1. The van der Waals surface area contributed by atoms with Crippen molar-refractivity contribution in [1.82, 2.24) is 10.6 Å². The van der Waals surface area contributed by atoms with Crippen LogP contribution >= 0.6 is 23.2 Å².